The summed E-state index contributed by atoms with van der Waals surface area (Å²) in [5.74, 6) is 1.79. The second-order valence-electron chi connectivity index (χ2n) is 7.64. The maximum Gasteiger partial charge on any atom is 0.0608 e. The number of hydrogen-bond donors (Lipinski definition) is 0. The Hall–Kier alpha value is -0.0400. The summed E-state index contributed by atoms with van der Waals surface area (Å²) in [6.45, 7) is 8.63. The quantitative estimate of drug-likeness (QED) is 0.605. The summed E-state index contributed by atoms with van der Waals surface area (Å²) in [5.41, 5.74) is 1.14. The lowest BCUT2D eigenvalue weighted by molar-refractivity contribution is -0.163. The van der Waals surface area contributed by atoms with Crippen LogP contribution in [0, 0.1) is 22.7 Å². The Morgan fingerprint density at radius 2 is 1.76 bits per heavy atom. The SMILES string of the molecule is CC1(C)CCC[C@@]2(C)C1CCC1OCCC[C@@H]12. The minimum atomic E-state index is 0.565. The van der Waals surface area contributed by atoms with E-state index in [0.29, 0.717) is 16.9 Å². The van der Waals surface area contributed by atoms with Gasteiger partial charge in [0.05, 0.1) is 6.10 Å². The third-order valence-electron chi connectivity index (χ3n) is 6.30. The first kappa shape index (κ1) is 12.0. The summed E-state index contributed by atoms with van der Waals surface area (Å²) >= 11 is 0. The van der Waals surface area contributed by atoms with Crippen molar-refractivity contribution in [3.63, 3.8) is 0 Å². The third kappa shape index (κ3) is 1.77. The lowest BCUT2D eigenvalue weighted by Crippen LogP contribution is -2.54. The van der Waals surface area contributed by atoms with Gasteiger partial charge < -0.3 is 4.74 Å². The van der Waals surface area contributed by atoms with Crippen molar-refractivity contribution in [2.24, 2.45) is 22.7 Å². The molecule has 3 fully saturated rings. The highest BCUT2D eigenvalue weighted by atomic mass is 16.5. The van der Waals surface area contributed by atoms with Gasteiger partial charge in [-0.3, -0.25) is 0 Å². The van der Waals surface area contributed by atoms with Crippen LogP contribution in [-0.4, -0.2) is 12.7 Å². The first-order valence-electron chi connectivity index (χ1n) is 7.66. The molecule has 0 spiro atoms. The van der Waals surface area contributed by atoms with E-state index < -0.39 is 0 Å². The van der Waals surface area contributed by atoms with Crippen LogP contribution in [0.5, 0.6) is 0 Å². The monoisotopic (exact) mass is 236 g/mol. The Morgan fingerprint density at radius 1 is 0.941 bits per heavy atom. The van der Waals surface area contributed by atoms with E-state index in [-0.39, 0.29) is 0 Å². The van der Waals surface area contributed by atoms with Gasteiger partial charge in [-0.05, 0) is 61.2 Å². The van der Waals surface area contributed by atoms with Crippen molar-refractivity contribution in [2.45, 2.75) is 71.8 Å². The normalized spacial score (nSPS) is 49.2. The molecule has 2 unspecified atom stereocenters. The first-order chi connectivity index (χ1) is 8.04. The van der Waals surface area contributed by atoms with Gasteiger partial charge in [0.1, 0.15) is 0 Å². The van der Waals surface area contributed by atoms with Crippen LogP contribution in [0.1, 0.15) is 65.7 Å². The molecule has 0 bridgehead atoms. The van der Waals surface area contributed by atoms with Crippen molar-refractivity contribution in [3.05, 3.63) is 0 Å². The molecule has 1 heterocycles. The Bertz CT molecular complexity index is 296. The molecule has 3 aliphatic rings. The largest absolute Gasteiger partial charge is 0.378 e. The Balaban J connectivity index is 1.90. The molecular formula is C16H28O. The molecular weight excluding hydrogens is 208 g/mol. The van der Waals surface area contributed by atoms with Gasteiger partial charge >= 0.3 is 0 Å². The lowest BCUT2D eigenvalue weighted by Gasteiger charge is -2.60. The zero-order chi connectivity index (χ0) is 12.1. The maximum absolute atomic E-state index is 6.06. The molecule has 0 amide bonds. The molecule has 2 aliphatic carbocycles. The van der Waals surface area contributed by atoms with Crippen molar-refractivity contribution in [2.75, 3.05) is 6.61 Å². The number of rotatable bonds is 0. The topological polar surface area (TPSA) is 9.23 Å². The minimum Gasteiger partial charge on any atom is -0.378 e. The van der Waals surface area contributed by atoms with Crippen LogP contribution in [0.4, 0.5) is 0 Å². The zero-order valence-corrected chi connectivity index (χ0v) is 11.8. The number of hydrogen-bond acceptors (Lipinski definition) is 1. The summed E-state index contributed by atoms with van der Waals surface area (Å²) in [5, 5.41) is 0. The van der Waals surface area contributed by atoms with Gasteiger partial charge in [0.2, 0.25) is 0 Å². The van der Waals surface area contributed by atoms with E-state index in [1.807, 2.05) is 0 Å². The molecule has 0 aromatic rings. The van der Waals surface area contributed by atoms with Crippen molar-refractivity contribution in [3.8, 4) is 0 Å². The minimum absolute atomic E-state index is 0.565. The second-order valence-corrected chi connectivity index (χ2v) is 7.64. The van der Waals surface area contributed by atoms with Crippen LogP contribution >= 0.6 is 0 Å². The number of fused-ring (bicyclic) bond motifs is 3. The zero-order valence-electron chi connectivity index (χ0n) is 11.8. The smallest absolute Gasteiger partial charge is 0.0608 e. The summed E-state index contributed by atoms with van der Waals surface area (Å²) in [4.78, 5) is 0. The first-order valence-corrected chi connectivity index (χ1v) is 7.66. The molecule has 1 heteroatoms. The molecule has 0 radical (unpaired) electrons. The maximum atomic E-state index is 6.06. The van der Waals surface area contributed by atoms with E-state index >= 15 is 0 Å². The fraction of sp³-hybridized carbons (Fsp3) is 1.00. The molecule has 1 saturated heterocycles. The Kier molecular flexibility index (Phi) is 2.81. The van der Waals surface area contributed by atoms with E-state index in [4.69, 9.17) is 4.74 Å². The van der Waals surface area contributed by atoms with Gasteiger partial charge in [-0.1, -0.05) is 27.2 Å². The van der Waals surface area contributed by atoms with Crippen molar-refractivity contribution >= 4 is 0 Å². The fourth-order valence-electron chi connectivity index (χ4n) is 5.54. The summed E-state index contributed by atoms with van der Waals surface area (Å²) in [6, 6.07) is 0. The van der Waals surface area contributed by atoms with E-state index in [9.17, 15) is 0 Å². The highest BCUT2D eigenvalue weighted by molar-refractivity contribution is 5.04. The highest BCUT2D eigenvalue weighted by Crippen LogP contribution is 2.61. The Morgan fingerprint density at radius 3 is 2.59 bits per heavy atom. The van der Waals surface area contributed by atoms with Gasteiger partial charge in [0.25, 0.3) is 0 Å². The van der Waals surface area contributed by atoms with Gasteiger partial charge in [-0.25, -0.2) is 0 Å². The van der Waals surface area contributed by atoms with Crippen LogP contribution in [0.3, 0.4) is 0 Å². The predicted octanol–water partition coefficient (Wildman–Crippen LogP) is 4.41. The lowest BCUT2D eigenvalue weighted by atomic mass is 9.47. The summed E-state index contributed by atoms with van der Waals surface area (Å²) < 4.78 is 6.06. The third-order valence-corrected chi connectivity index (χ3v) is 6.30. The van der Waals surface area contributed by atoms with Gasteiger partial charge in [0, 0.05) is 6.61 Å². The molecule has 1 aliphatic heterocycles. The molecule has 0 aromatic carbocycles. The molecule has 0 aromatic heterocycles. The molecule has 17 heavy (non-hydrogen) atoms. The van der Waals surface area contributed by atoms with Gasteiger partial charge in [-0.2, -0.15) is 0 Å². The van der Waals surface area contributed by atoms with Crippen LogP contribution in [-0.2, 0) is 4.74 Å². The predicted molar refractivity (Wildman–Crippen MR) is 70.9 cm³/mol. The average molecular weight is 236 g/mol. The van der Waals surface area contributed by atoms with Crippen LogP contribution in [0.25, 0.3) is 0 Å². The van der Waals surface area contributed by atoms with E-state index in [1.165, 1.54) is 44.9 Å². The standard InChI is InChI=1S/C16H28O/c1-15(2)9-5-10-16(3)12-6-4-11-17-13(12)7-8-14(15)16/h12-14H,4-11H2,1-3H3/t12-,13?,14?,16+/m0/s1. The van der Waals surface area contributed by atoms with E-state index in [2.05, 4.69) is 20.8 Å². The Labute approximate surface area is 106 Å². The van der Waals surface area contributed by atoms with Crippen LogP contribution in [0.15, 0.2) is 0 Å². The highest BCUT2D eigenvalue weighted by Gasteiger charge is 2.55. The molecule has 1 nitrogen and oxygen atoms in total. The van der Waals surface area contributed by atoms with Crippen molar-refractivity contribution < 1.29 is 4.74 Å². The molecule has 2 saturated carbocycles. The second kappa shape index (κ2) is 3.98. The van der Waals surface area contributed by atoms with Gasteiger partial charge in [0.15, 0.2) is 0 Å². The summed E-state index contributed by atoms with van der Waals surface area (Å²) in [6.07, 6.45) is 10.4. The van der Waals surface area contributed by atoms with Crippen molar-refractivity contribution in [1.29, 1.82) is 0 Å². The van der Waals surface area contributed by atoms with E-state index in [0.717, 1.165) is 18.4 Å². The molecule has 4 atom stereocenters. The number of ether oxygens (including phenoxy) is 1. The average Bonchev–Trinajstić information content (AvgIpc) is 2.28. The van der Waals surface area contributed by atoms with Crippen LogP contribution < -0.4 is 0 Å². The molecule has 0 N–H and O–H groups in total. The van der Waals surface area contributed by atoms with Crippen LogP contribution in [0.2, 0.25) is 0 Å². The van der Waals surface area contributed by atoms with Gasteiger partial charge in [-0.15, -0.1) is 0 Å². The fourth-order valence-corrected chi connectivity index (χ4v) is 5.54. The molecule has 98 valence electrons. The van der Waals surface area contributed by atoms with E-state index in [1.54, 1.807) is 0 Å². The summed E-state index contributed by atoms with van der Waals surface area (Å²) in [7, 11) is 0. The molecule has 3 rings (SSSR count). The van der Waals surface area contributed by atoms with Crippen molar-refractivity contribution in [1.82, 2.24) is 0 Å².